The number of likely N-dealkylation sites (tertiary alicyclic amines) is 1. The Balaban J connectivity index is 1.70. The van der Waals surface area contributed by atoms with Crippen molar-refractivity contribution >= 4 is 12.0 Å². The van der Waals surface area contributed by atoms with Gasteiger partial charge < -0.3 is 15.0 Å². The summed E-state index contributed by atoms with van der Waals surface area (Å²) in [6.07, 6.45) is 1.16. The van der Waals surface area contributed by atoms with Gasteiger partial charge in [0.2, 0.25) is 5.91 Å². The zero-order valence-electron chi connectivity index (χ0n) is 14.9. The number of piperidine rings is 1. The van der Waals surface area contributed by atoms with Crippen molar-refractivity contribution < 1.29 is 14.3 Å². The van der Waals surface area contributed by atoms with Crippen molar-refractivity contribution in [1.29, 1.82) is 0 Å². The molecule has 0 aliphatic carbocycles. The molecule has 1 saturated heterocycles. The summed E-state index contributed by atoms with van der Waals surface area (Å²) in [5.74, 6) is -0.338. The average Bonchev–Trinajstić information content (AvgIpc) is 2.70. The summed E-state index contributed by atoms with van der Waals surface area (Å²) in [6, 6.07) is 19.7. The highest BCUT2D eigenvalue weighted by molar-refractivity contribution is 5.87. The number of ether oxygens (including phenoxy) is 1. The molecule has 0 bridgehead atoms. The molecule has 136 valence electrons. The molecule has 1 aliphatic rings. The summed E-state index contributed by atoms with van der Waals surface area (Å²) < 4.78 is 4.76. The predicted molar refractivity (Wildman–Crippen MR) is 99.9 cm³/mol. The SMILES string of the molecule is COC(=O)N1CCC(NC(=O)C(c2ccccc2)c2ccccc2)CC1. The number of rotatable bonds is 4. The Morgan fingerprint density at radius 1 is 0.962 bits per heavy atom. The zero-order chi connectivity index (χ0) is 18.4. The lowest BCUT2D eigenvalue weighted by atomic mass is 9.90. The molecule has 5 heteroatoms. The van der Waals surface area contributed by atoms with Gasteiger partial charge in [-0.1, -0.05) is 60.7 Å². The molecule has 0 radical (unpaired) electrons. The molecule has 3 rings (SSSR count). The maximum atomic E-state index is 13.1. The van der Waals surface area contributed by atoms with E-state index in [0.717, 1.165) is 24.0 Å². The van der Waals surface area contributed by atoms with E-state index in [4.69, 9.17) is 4.74 Å². The summed E-state index contributed by atoms with van der Waals surface area (Å²) in [7, 11) is 1.39. The van der Waals surface area contributed by atoms with E-state index in [1.165, 1.54) is 7.11 Å². The lowest BCUT2D eigenvalue weighted by Crippen LogP contribution is -2.47. The van der Waals surface area contributed by atoms with Crippen LogP contribution in [0.3, 0.4) is 0 Å². The summed E-state index contributed by atoms with van der Waals surface area (Å²) >= 11 is 0. The van der Waals surface area contributed by atoms with Crippen LogP contribution in [0.5, 0.6) is 0 Å². The number of amides is 2. The van der Waals surface area contributed by atoms with Crippen molar-refractivity contribution in [2.45, 2.75) is 24.8 Å². The largest absolute Gasteiger partial charge is 0.453 e. The third-order valence-electron chi connectivity index (χ3n) is 4.80. The van der Waals surface area contributed by atoms with Gasteiger partial charge in [-0.3, -0.25) is 4.79 Å². The first-order valence-corrected chi connectivity index (χ1v) is 8.92. The quantitative estimate of drug-likeness (QED) is 0.919. The van der Waals surface area contributed by atoms with Crippen LogP contribution in [-0.2, 0) is 9.53 Å². The summed E-state index contributed by atoms with van der Waals surface area (Å²) in [5, 5.41) is 3.18. The van der Waals surface area contributed by atoms with Gasteiger partial charge in [0.05, 0.1) is 13.0 Å². The molecule has 1 aliphatic heterocycles. The molecule has 0 spiro atoms. The fraction of sp³-hybridized carbons (Fsp3) is 0.333. The van der Waals surface area contributed by atoms with Gasteiger partial charge in [-0.15, -0.1) is 0 Å². The molecule has 1 N–H and O–H groups in total. The Morgan fingerprint density at radius 2 is 1.46 bits per heavy atom. The molecule has 1 heterocycles. The molecule has 2 aromatic carbocycles. The summed E-state index contributed by atoms with van der Waals surface area (Å²) in [5.41, 5.74) is 1.95. The van der Waals surface area contributed by atoms with E-state index in [2.05, 4.69) is 5.32 Å². The normalized spacial score (nSPS) is 14.9. The summed E-state index contributed by atoms with van der Waals surface area (Å²) in [6.45, 7) is 1.19. The molecular formula is C21H24N2O3. The lowest BCUT2D eigenvalue weighted by molar-refractivity contribution is -0.122. The highest BCUT2D eigenvalue weighted by atomic mass is 16.5. The number of carbonyl (C=O) groups excluding carboxylic acids is 2. The number of hydrogen-bond acceptors (Lipinski definition) is 3. The highest BCUT2D eigenvalue weighted by Gasteiger charge is 2.28. The van der Waals surface area contributed by atoms with Crippen LogP contribution in [0.1, 0.15) is 29.9 Å². The predicted octanol–water partition coefficient (Wildman–Crippen LogP) is 3.17. The van der Waals surface area contributed by atoms with Crippen LogP contribution in [0.2, 0.25) is 0 Å². The maximum Gasteiger partial charge on any atom is 0.409 e. The molecule has 2 amide bonds. The topological polar surface area (TPSA) is 58.6 Å². The first-order valence-electron chi connectivity index (χ1n) is 8.92. The van der Waals surface area contributed by atoms with Crippen molar-refractivity contribution in [2.24, 2.45) is 0 Å². The highest BCUT2D eigenvalue weighted by Crippen LogP contribution is 2.25. The zero-order valence-corrected chi connectivity index (χ0v) is 14.9. The molecule has 0 atom stereocenters. The Labute approximate surface area is 154 Å². The minimum absolute atomic E-state index is 0.00100. The van der Waals surface area contributed by atoms with E-state index in [-0.39, 0.29) is 24.0 Å². The Hall–Kier alpha value is -2.82. The van der Waals surface area contributed by atoms with Crippen molar-refractivity contribution in [3.63, 3.8) is 0 Å². The molecule has 0 aromatic heterocycles. The van der Waals surface area contributed by atoms with Crippen LogP contribution < -0.4 is 5.32 Å². The standard InChI is InChI=1S/C21H24N2O3/c1-26-21(25)23-14-12-18(13-15-23)22-20(24)19(16-8-4-2-5-9-16)17-10-6-3-7-11-17/h2-11,18-19H,12-15H2,1H3,(H,22,24). The molecule has 26 heavy (non-hydrogen) atoms. The van der Waals surface area contributed by atoms with Crippen molar-refractivity contribution in [1.82, 2.24) is 10.2 Å². The number of hydrogen-bond donors (Lipinski definition) is 1. The fourth-order valence-corrected chi connectivity index (χ4v) is 3.41. The molecule has 2 aromatic rings. The molecule has 1 fully saturated rings. The van der Waals surface area contributed by atoms with E-state index in [9.17, 15) is 9.59 Å². The second kappa shape index (κ2) is 8.52. The Bertz CT molecular complexity index is 686. The van der Waals surface area contributed by atoms with Crippen LogP contribution in [0.15, 0.2) is 60.7 Å². The lowest BCUT2D eigenvalue weighted by Gasteiger charge is -2.32. The number of methoxy groups -OCH3 is 1. The van der Waals surface area contributed by atoms with Crippen molar-refractivity contribution in [2.75, 3.05) is 20.2 Å². The van der Waals surface area contributed by atoms with Gasteiger partial charge in [0.1, 0.15) is 0 Å². The van der Waals surface area contributed by atoms with Gasteiger partial charge in [0.25, 0.3) is 0 Å². The Morgan fingerprint density at radius 3 is 1.92 bits per heavy atom. The van der Waals surface area contributed by atoms with Crippen molar-refractivity contribution in [3.8, 4) is 0 Å². The minimum atomic E-state index is -0.337. The fourth-order valence-electron chi connectivity index (χ4n) is 3.41. The number of nitrogens with zero attached hydrogens (tertiary/aromatic N) is 1. The second-order valence-corrected chi connectivity index (χ2v) is 6.49. The van der Waals surface area contributed by atoms with Crippen LogP contribution in [-0.4, -0.2) is 43.1 Å². The first-order chi connectivity index (χ1) is 12.7. The van der Waals surface area contributed by atoms with Gasteiger partial charge in [0, 0.05) is 19.1 Å². The first kappa shape index (κ1) is 18.0. The monoisotopic (exact) mass is 352 g/mol. The molecule has 0 saturated carbocycles. The van der Waals surface area contributed by atoms with Gasteiger partial charge >= 0.3 is 6.09 Å². The smallest absolute Gasteiger partial charge is 0.409 e. The van der Waals surface area contributed by atoms with Crippen LogP contribution in [0.25, 0.3) is 0 Å². The molecule has 0 unspecified atom stereocenters. The van der Waals surface area contributed by atoms with E-state index >= 15 is 0 Å². The maximum absolute atomic E-state index is 13.1. The van der Waals surface area contributed by atoms with Crippen LogP contribution in [0, 0.1) is 0 Å². The van der Waals surface area contributed by atoms with Gasteiger partial charge in [-0.2, -0.15) is 0 Å². The van der Waals surface area contributed by atoms with Crippen LogP contribution >= 0.6 is 0 Å². The van der Waals surface area contributed by atoms with Crippen LogP contribution in [0.4, 0.5) is 4.79 Å². The van der Waals surface area contributed by atoms with E-state index in [0.29, 0.717) is 13.1 Å². The Kier molecular flexibility index (Phi) is 5.89. The minimum Gasteiger partial charge on any atom is -0.453 e. The second-order valence-electron chi connectivity index (χ2n) is 6.49. The average molecular weight is 352 g/mol. The van der Waals surface area contributed by atoms with E-state index in [1.807, 2.05) is 60.7 Å². The van der Waals surface area contributed by atoms with E-state index < -0.39 is 0 Å². The van der Waals surface area contributed by atoms with Gasteiger partial charge in [-0.05, 0) is 24.0 Å². The third kappa shape index (κ3) is 4.23. The molecular weight excluding hydrogens is 328 g/mol. The van der Waals surface area contributed by atoms with Gasteiger partial charge in [-0.25, -0.2) is 4.79 Å². The number of nitrogens with one attached hydrogen (secondary N) is 1. The number of carbonyl (C=O) groups is 2. The summed E-state index contributed by atoms with van der Waals surface area (Å²) in [4.78, 5) is 26.3. The number of benzene rings is 2. The third-order valence-corrected chi connectivity index (χ3v) is 4.80. The van der Waals surface area contributed by atoms with E-state index in [1.54, 1.807) is 4.90 Å². The van der Waals surface area contributed by atoms with Gasteiger partial charge in [0.15, 0.2) is 0 Å². The van der Waals surface area contributed by atoms with Crippen molar-refractivity contribution in [3.05, 3.63) is 71.8 Å². The molecule has 5 nitrogen and oxygen atoms in total.